The average molecular weight is 346 g/mol. The van der Waals surface area contributed by atoms with Crippen LogP contribution >= 0.6 is 0 Å². The molecule has 1 spiro atoms. The van der Waals surface area contributed by atoms with Crippen LogP contribution in [-0.4, -0.2) is 84.1 Å². The third-order valence-corrected chi connectivity index (χ3v) is 5.67. The molecule has 138 valence electrons. The highest BCUT2D eigenvalue weighted by Crippen LogP contribution is 2.36. The van der Waals surface area contributed by atoms with Gasteiger partial charge in [-0.2, -0.15) is 0 Å². The summed E-state index contributed by atoms with van der Waals surface area (Å²) in [5.74, 6) is 0.0806. The lowest BCUT2D eigenvalue weighted by molar-refractivity contribution is -0.188. The summed E-state index contributed by atoms with van der Waals surface area (Å²) >= 11 is 0. The normalized spacial score (nSPS) is 24.2. The van der Waals surface area contributed by atoms with E-state index >= 15 is 0 Å². The van der Waals surface area contributed by atoms with E-state index in [1.165, 1.54) is 0 Å². The summed E-state index contributed by atoms with van der Waals surface area (Å²) < 4.78 is 6.13. The van der Waals surface area contributed by atoms with Gasteiger partial charge in [-0.25, -0.2) is 0 Å². The Morgan fingerprint density at radius 3 is 2.76 bits per heavy atom. The molecule has 0 N–H and O–H groups in total. The number of rotatable bonds is 5. The molecule has 0 aromatic carbocycles. The lowest BCUT2D eigenvalue weighted by atomic mass is 9.82. The molecule has 1 atom stereocenters. The fourth-order valence-electron chi connectivity index (χ4n) is 3.88. The van der Waals surface area contributed by atoms with Crippen LogP contribution in [0.4, 0.5) is 0 Å². The molecule has 3 heterocycles. The molecule has 0 radical (unpaired) electrons. The number of likely N-dealkylation sites (tertiary alicyclic amines) is 1. The van der Waals surface area contributed by atoms with Gasteiger partial charge in [-0.15, -0.1) is 0 Å². The Bertz CT molecular complexity index is 570. The van der Waals surface area contributed by atoms with Crippen LogP contribution in [-0.2, 0) is 16.1 Å². The number of ether oxygens (including phenoxy) is 1. The van der Waals surface area contributed by atoms with Crippen molar-refractivity contribution in [3.63, 3.8) is 0 Å². The smallest absolute Gasteiger partial charge is 0.249 e. The topological polar surface area (TPSA) is 48.9 Å². The third-order valence-electron chi connectivity index (χ3n) is 5.67. The number of likely N-dealkylation sites (N-methyl/N-ethyl adjacent to an activating group) is 1. The van der Waals surface area contributed by atoms with Gasteiger partial charge >= 0.3 is 0 Å². The van der Waals surface area contributed by atoms with E-state index in [0.717, 1.165) is 44.6 Å². The first kappa shape index (κ1) is 18.3. The van der Waals surface area contributed by atoms with E-state index in [-0.39, 0.29) is 24.2 Å². The minimum atomic E-state index is -0.204. The molecule has 2 fully saturated rings. The number of piperidine rings is 1. The van der Waals surface area contributed by atoms with Gasteiger partial charge in [-0.1, -0.05) is 6.07 Å². The third kappa shape index (κ3) is 4.19. The van der Waals surface area contributed by atoms with Gasteiger partial charge < -0.3 is 19.4 Å². The number of carbonyl (C=O) groups is 1. The van der Waals surface area contributed by atoms with E-state index in [9.17, 15) is 4.79 Å². The van der Waals surface area contributed by atoms with E-state index < -0.39 is 0 Å². The first-order chi connectivity index (χ1) is 12.0. The maximum absolute atomic E-state index is 12.4. The van der Waals surface area contributed by atoms with Crippen LogP contribution in [0, 0.1) is 0 Å². The van der Waals surface area contributed by atoms with Crippen LogP contribution in [0.3, 0.4) is 0 Å². The number of nitrogens with zero attached hydrogens (tertiary/aromatic N) is 4. The minimum absolute atomic E-state index is 0.0806. The van der Waals surface area contributed by atoms with Crippen LogP contribution in [0.2, 0.25) is 0 Å². The quantitative estimate of drug-likeness (QED) is 0.802. The summed E-state index contributed by atoms with van der Waals surface area (Å²) in [6, 6.07) is 4.04. The van der Waals surface area contributed by atoms with Gasteiger partial charge in [0.1, 0.15) is 6.61 Å². The van der Waals surface area contributed by atoms with Crippen molar-refractivity contribution in [3.05, 3.63) is 30.1 Å². The highest BCUT2D eigenvalue weighted by molar-refractivity contribution is 5.78. The molecule has 6 heteroatoms. The van der Waals surface area contributed by atoms with Gasteiger partial charge in [-0.05, 0) is 45.5 Å². The molecule has 2 aliphatic heterocycles. The predicted octanol–water partition coefficient (Wildman–Crippen LogP) is 1.23. The highest BCUT2D eigenvalue weighted by Gasteiger charge is 2.47. The molecule has 2 saturated heterocycles. The van der Waals surface area contributed by atoms with Crippen molar-refractivity contribution in [2.75, 3.05) is 46.9 Å². The van der Waals surface area contributed by atoms with Gasteiger partial charge in [0.05, 0.1) is 11.6 Å². The molecule has 0 saturated carbocycles. The number of morpholine rings is 1. The summed E-state index contributed by atoms with van der Waals surface area (Å²) in [4.78, 5) is 23.3. The van der Waals surface area contributed by atoms with Crippen molar-refractivity contribution in [2.24, 2.45) is 0 Å². The second-order valence-corrected chi connectivity index (χ2v) is 7.56. The van der Waals surface area contributed by atoms with Crippen molar-refractivity contribution in [2.45, 2.75) is 38.0 Å². The Morgan fingerprint density at radius 2 is 2.12 bits per heavy atom. The van der Waals surface area contributed by atoms with E-state index in [1.54, 1.807) is 6.20 Å². The van der Waals surface area contributed by atoms with Crippen molar-refractivity contribution in [1.29, 1.82) is 0 Å². The number of hydrogen-bond donors (Lipinski definition) is 0. The summed E-state index contributed by atoms with van der Waals surface area (Å²) in [7, 11) is 4.22. The molecule has 1 aromatic heterocycles. The minimum Gasteiger partial charge on any atom is -0.363 e. The number of carbonyl (C=O) groups excluding carboxylic acids is 1. The average Bonchev–Trinajstić information content (AvgIpc) is 2.62. The Hall–Kier alpha value is -1.50. The fraction of sp³-hybridized carbons (Fsp3) is 0.684. The molecule has 1 unspecified atom stereocenters. The first-order valence-corrected chi connectivity index (χ1v) is 9.19. The Labute approximate surface area is 150 Å². The predicted molar refractivity (Wildman–Crippen MR) is 97.2 cm³/mol. The van der Waals surface area contributed by atoms with Crippen LogP contribution in [0.1, 0.15) is 25.3 Å². The number of pyridine rings is 1. The second-order valence-electron chi connectivity index (χ2n) is 7.56. The van der Waals surface area contributed by atoms with Gasteiger partial charge in [0.25, 0.3) is 0 Å². The second kappa shape index (κ2) is 7.81. The first-order valence-electron chi connectivity index (χ1n) is 9.19. The molecule has 6 nitrogen and oxygen atoms in total. The lowest BCUT2D eigenvalue weighted by Gasteiger charge is -2.51. The molecule has 1 amide bonds. The maximum Gasteiger partial charge on any atom is 0.249 e. The van der Waals surface area contributed by atoms with E-state index in [0.29, 0.717) is 6.54 Å². The maximum atomic E-state index is 12.4. The monoisotopic (exact) mass is 346 g/mol. The van der Waals surface area contributed by atoms with Gasteiger partial charge in [0, 0.05) is 45.1 Å². The molecule has 25 heavy (non-hydrogen) atoms. The van der Waals surface area contributed by atoms with Gasteiger partial charge in [0.15, 0.2) is 0 Å². The molecule has 0 bridgehead atoms. The van der Waals surface area contributed by atoms with Gasteiger partial charge in [-0.3, -0.25) is 9.78 Å². The molecule has 0 aliphatic carbocycles. The molecular weight excluding hydrogens is 316 g/mol. The zero-order chi connectivity index (χ0) is 17.9. The Balaban J connectivity index is 1.64. The van der Waals surface area contributed by atoms with Crippen LogP contribution in [0.25, 0.3) is 0 Å². The summed E-state index contributed by atoms with van der Waals surface area (Å²) in [5.41, 5.74) is 0.869. The van der Waals surface area contributed by atoms with Crippen molar-refractivity contribution >= 4 is 5.91 Å². The van der Waals surface area contributed by atoms with Gasteiger partial charge in [0.2, 0.25) is 5.91 Å². The lowest BCUT2D eigenvalue weighted by Crippen LogP contribution is -2.63. The largest absolute Gasteiger partial charge is 0.363 e. The van der Waals surface area contributed by atoms with E-state index in [2.05, 4.69) is 35.8 Å². The molecule has 2 aliphatic rings. The summed E-state index contributed by atoms with van der Waals surface area (Å²) in [6.45, 7) is 7.19. The Morgan fingerprint density at radius 1 is 1.36 bits per heavy atom. The number of hydrogen-bond acceptors (Lipinski definition) is 5. The Kier molecular flexibility index (Phi) is 5.71. The zero-order valence-electron chi connectivity index (χ0n) is 15.6. The van der Waals surface area contributed by atoms with Crippen LogP contribution in [0.5, 0.6) is 0 Å². The number of aromatic nitrogens is 1. The molecule has 1 aromatic rings. The van der Waals surface area contributed by atoms with Crippen molar-refractivity contribution < 1.29 is 9.53 Å². The standard InChI is InChI=1S/C19H30N4O2/c1-16-19(6-9-22(10-7-19)12-11-21(2)3)25-15-18(24)23(16)14-17-5-4-8-20-13-17/h4-5,8,13,16H,6-7,9-12,14-15H2,1-3H3. The van der Waals surface area contributed by atoms with E-state index in [4.69, 9.17) is 4.74 Å². The van der Waals surface area contributed by atoms with Crippen LogP contribution < -0.4 is 0 Å². The zero-order valence-corrected chi connectivity index (χ0v) is 15.6. The van der Waals surface area contributed by atoms with Crippen LogP contribution in [0.15, 0.2) is 24.5 Å². The SMILES string of the molecule is CC1N(Cc2cccnc2)C(=O)COC12CCN(CCN(C)C)CC2. The molecule has 3 rings (SSSR count). The van der Waals surface area contributed by atoms with Crippen molar-refractivity contribution in [3.8, 4) is 0 Å². The fourth-order valence-corrected chi connectivity index (χ4v) is 3.88. The van der Waals surface area contributed by atoms with Crippen molar-refractivity contribution in [1.82, 2.24) is 19.7 Å². The highest BCUT2D eigenvalue weighted by atomic mass is 16.5. The summed E-state index contributed by atoms with van der Waals surface area (Å²) in [5, 5.41) is 0. The summed E-state index contributed by atoms with van der Waals surface area (Å²) in [6.07, 6.45) is 5.57. The number of amides is 1. The molecular formula is C19H30N4O2. The van der Waals surface area contributed by atoms with E-state index in [1.807, 2.05) is 23.2 Å².